The molecule has 21 heavy (non-hydrogen) atoms. The maximum atomic E-state index is 11.8. The van der Waals surface area contributed by atoms with Crippen LogP contribution in [0.5, 0.6) is 5.75 Å². The van der Waals surface area contributed by atoms with Crippen LogP contribution in [0.15, 0.2) is 18.2 Å². The Morgan fingerprint density at radius 1 is 1.24 bits per heavy atom. The van der Waals surface area contributed by atoms with Gasteiger partial charge in [-0.2, -0.15) is 0 Å². The summed E-state index contributed by atoms with van der Waals surface area (Å²) in [6, 6.07) is 5.17. The second-order valence-corrected chi connectivity index (χ2v) is 4.92. The van der Waals surface area contributed by atoms with Crippen LogP contribution in [-0.4, -0.2) is 26.2 Å². The van der Waals surface area contributed by atoms with Crippen molar-refractivity contribution in [2.24, 2.45) is 0 Å². The van der Waals surface area contributed by atoms with Gasteiger partial charge in [0, 0.05) is 12.7 Å². The molecule has 5 heteroatoms. The van der Waals surface area contributed by atoms with Gasteiger partial charge < -0.3 is 20.5 Å². The monoisotopic (exact) mass is 294 g/mol. The van der Waals surface area contributed by atoms with Crippen LogP contribution in [0.3, 0.4) is 0 Å². The van der Waals surface area contributed by atoms with E-state index in [1.165, 1.54) is 19.3 Å². The first kappa shape index (κ1) is 17.3. The Bertz CT molecular complexity index is 436. The number of amides is 1. The molecule has 0 aliphatic carbocycles. The van der Waals surface area contributed by atoms with Crippen LogP contribution in [0.4, 0.5) is 11.4 Å². The molecule has 0 fully saturated rings. The Balaban J connectivity index is 2.21. The highest BCUT2D eigenvalue weighted by molar-refractivity contribution is 5.94. The van der Waals surface area contributed by atoms with Crippen LogP contribution < -0.4 is 15.8 Å². The topological polar surface area (TPSA) is 73.6 Å². The van der Waals surface area contributed by atoms with Gasteiger partial charge in [0.05, 0.1) is 31.5 Å². The zero-order valence-corrected chi connectivity index (χ0v) is 13.0. The first-order chi connectivity index (χ1) is 10.2. The van der Waals surface area contributed by atoms with Crippen LogP contribution in [0.2, 0.25) is 0 Å². The van der Waals surface area contributed by atoms with Crippen molar-refractivity contribution in [3.8, 4) is 5.75 Å². The molecule has 0 bridgehead atoms. The van der Waals surface area contributed by atoms with E-state index in [1.807, 2.05) is 0 Å². The highest BCUT2D eigenvalue weighted by Crippen LogP contribution is 2.24. The van der Waals surface area contributed by atoms with Crippen LogP contribution in [0.1, 0.15) is 39.0 Å². The van der Waals surface area contributed by atoms with E-state index < -0.39 is 0 Å². The quantitative estimate of drug-likeness (QED) is 0.513. The summed E-state index contributed by atoms with van der Waals surface area (Å²) >= 11 is 0. The van der Waals surface area contributed by atoms with Crippen molar-refractivity contribution in [1.82, 2.24) is 0 Å². The van der Waals surface area contributed by atoms with Crippen molar-refractivity contribution in [2.75, 3.05) is 31.4 Å². The van der Waals surface area contributed by atoms with E-state index in [2.05, 4.69) is 12.2 Å². The summed E-state index contributed by atoms with van der Waals surface area (Å²) in [6.45, 7) is 3.34. The first-order valence-corrected chi connectivity index (χ1v) is 7.48. The van der Waals surface area contributed by atoms with E-state index in [0.717, 1.165) is 13.0 Å². The molecule has 1 aromatic rings. The van der Waals surface area contributed by atoms with Crippen molar-refractivity contribution < 1.29 is 14.3 Å². The molecule has 0 saturated heterocycles. The molecule has 118 valence electrons. The van der Waals surface area contributed by atoms with Crippen LogP contribution >= 0.6 is 0 Å². The van der Waals surface area contributed by atoms with E-state index in [-0.39, 0.29) is 5.91 Å². The van der Waals surface area contributed by atoms with Gasteiger partial charge in [-0.1, -0.05) is 26.2 Å². The average molecular weight is 294 g/mol. The molecule has 3 N–H and O–H groups in total. The van der Waals surface area contributed by atoms with Crippen molar-refractivity contribution in [3.63, 3.8) is 0 Å². The van der Waals surface area contributed by atoms with Gasteiger partial charge in [0.1, 0.15) is 5.75 Å². The standard InChI is InChI=1S/C16H26N2O3/c1-3-4-5-6-10-21-11-9-16(19)18-15-8-7-13(20-2)12-14(15)17/h7-8,12H,3-6,9-11,17H2,1-2H3,(H,18,19). The third-order valence-electron chi connectivity index (χ3n) is 3.15. The molecular formula is C16H26N2O3. The van der Waals surface area contributed by atoms with Gasteiger partial charge in [-0.25, -0.2) is 0 Å². The van der Waals surface area contributed by atoms with Crippen LogP contribution in [-0.2, 0) is 9.53 Å². The molecule has 0 atom stereocenters. The second kappa shape index (κ2) is 10.0. The van der Waals surface area contributed by atoms with Crippen molar-refractivity contribution in [1.29, 1.82) is 0 Å². The predicted molar refractivity (Wildman–Crippen MR) is 85.6 cm³/mol. The molecule has 0 saturated carbocycles. The number of unbranched alkanes of at least 4 members (excludes halogenated alkanes) is 3. The number of nitrogen functional groups attached to an aromatic ring is 1. The minimum atomic E-state index is -0.0968. The van der Waals surface area contributed by atoms with Gasteiger partial charge >= 0.3 is 0 Å². The van der Waals surface area contributed by atoms with E-state index in [0.29, 0.717) is 30.2 Å². The molecule has 1 amide bonds. The number of anilines is 2. The van der Waals surface area contributed by atoms with Crippen LogP contribution in [0.25, 0.3) is 0 Å². The number of methoxy groups -OCH3 is 1. The lowest BCUT2D eigenvalue weighted by atomic mass is 10.2. The smallest absolute Gasteiger partial charge is 0.226 e. The minimum Gasteiger partial charge on any atom is -0.497 e. The Hall–Kier alpha value is -1.75. The highest BCUT2D eigenvalue weighted by atomic mass is 16.5. The fourth-order valence-corrected chi connectivity index (χ4v) is 1.89. The van der Waals surface area contributed by atoms with Gasteiger partial charge in [-0.15, -0.1) is 0 Å². The fourth-order valence-electron chi connectivity index (χ4n) is 1.89. The third kappa shape index (κ3) is 6.99. The van der Waals surface area contributed by atoms with Crippen LogP contribution in [0, 0.1) is 0 Å². The van der Waals surface area contributed by atoms with Gasteiger partial charge in [0.15, 0.2) is 0 Å². The Kier molecular flexibility index (Phi) is 8.28. The normalized spacial score (nSPS) is 10.4. The van der Waals surface area contributed by atoms with Crippen molar-refractivity contribution >= 4 is 17.3 Å². The maximum Gasteiger partial charge on any atom is 0.226 e. The molecule has 1 rings (SSSR count). The summed E-state index contributed by atoms with van der Waals surface area (Å²) in [5.74, 6) is 0.571. The number of nitrogens with one attached hydrogen (secondary N) is 1. The minimum absolute atomic E-state index is 0.0968. The van der Waals surface area contributed by atoms with E-state index >= 15 is 0 Å². The first-order valence-electron chi connectivity index (χ1n) is 7.48. The number of ether oxygens (including phenoxy) is 2. The molecule has 5 nitrogen and oxygen atoms in total. The summed E-state index contributed by atoms with van der Waals surface area (Å²) in [6.07, 6.45) is 5.03. The lowest BCUT2D eigenvalue weighted by Crippen LogP contribution is -2.15. The lowest BCUT2D eigenvalue weighted by molar-refractivity contribution is -0.117. The van der Waals surface area contributed by atoms with Crippen molar-refractivity contribution in [3.05, 3.63) is 18.2 Å². The number of carbonyl (C=O) groups excluding carboxylic acids is 1. The number of hydrogen-bond donors (Lipinski definition) is 2. The van der Waals surface area contributed by atoms with E-state index in [1.54, 1.807) is 25.3 Å². The number of nitrogens with two attached hydrogens (primary N) is 1. The van der Waals surface area contributed by atoms with Gasteiger partial charge in [-0.3, -0.25) is 4.79 Å². The number of carbonyl (C=O) groups is 1. The number of hydrogen-bond acceptors (Lipinski definition) is 4. The van der Waals surface area contributed by atoms with Gasteiger partial charge in [0.25, 0.3) is 0 Å². The Morgan fingerprint density at radius 3 is 2.71 bits per heavy atom. The molecule has 0 spiro atoms. The summed E-state index contributed by atoms with van der Waals surface area (Å²) in [4.78, 5) is 11.8. The Morgan fingerprint density at radius 2 is 2.05 bits per heavy atom. The molecule has 1 aromatic carbocycles. The summed E-state index contributed by atoms with van der Waals surface area (Å²) in [7, 11) is 1.57. The maximum absolute atomic E-state index is 11.8. The summed E-state index contributed by atoms with van der Waals surface area (Å²) in [5.41, 5.74) is 6.93. The zero-order valence-electron chi connectivity index (χ0n) is 13.0. The molecule has 0 unspecified atom stereocenters. The third-order valence-corrected chi connectivity index (χ3v) is 3.15. The second-order valence-electron chi connectivity index (χ2n) is 4.92. The highest BCUT2D eigenvalue weighted by Gasteiger charge is 2.06. The SMILES string of the molecule is CCCCCCOCCC(=O)Nc1ccc(OC)cc1N. The summed E-state index contributed by atoms with van der Waals surface area (Å²) in [5, 5.41) is 2.77. The van der Waals surface area contributed by atoms with E-state index in [4.69, 9.17) is 15.2 Å². The van der Waals surface area contributed by atoms with E-state index in [9.17, 15) is 4.79 Å². The molecule has 0 aliphatic rings. The van der Waals surface area contributed by atoms with Crippen molar-refractivity contribution in [2.45, 2.75) is 39.0 Å². The average Bonchev–Trinajstić information content (AvgIpc) is 2.48. The molecule has 0 aliphatic heterocycles. The molecule has 0 heterocycles. The summed E-state index contributed by atoms with van der Waals surface area (Å²) < 4.78 is 10.5. The zero-order chi connectivity index (χ0) is 15.5. The Labute approximate surface area is 126 Å². The number of rotatable bonds is 10. The van der Waals surface area contributed by atoms with Gasteiger partial charge in [-0.05, 0) is 18.6 Å². The fraction of sp³-hybridized carbons (Fsp3) is 0.562. The number of benzene rings is 1. The lowest BCUT2D eigenvalue weighted by Gasteiger charge is -2.10. The molecule has 0 radical (unpaired) electrons. The molecule has 0 aromatic heterocycles. The van der Waals surface area contributed by atoms with Gasteiger partial charge in [0.2, 0.25) is 5.91 Å². The predicted octanol–water partition coefficient (Wildman–Crippen LogP) is 3.20. The largest absolute Gasteiger partial charge is 0.497 e. The molecular weight excluding hydrogens is 268 g/mol.